The summed E-state index contributed by atoms with van der Waals surface area (Å²) in [6.45, 7) is 4.01. The van der Waals surface area contributed by atoms with Gasteiger partial charge in [-0.2, -0.15) is 4.98 Å². The summed E-state index contributed by atoms with van der Waals surface area (Å²) in [5, 5.41) is 16.4. The van der Waals surface area contributed by atoms with Gasteiger partial charge >= 0.3 is 5.97 Å². The van der Waals surface area contributed by atoms with E-state index in [4.69, 9.17) is 9.63 Å². The predicted molar refractivity (Wildman–Crippen MR) is 106 cm³/mol. The lowest BCUT2D eigenvalue weighted by Crippen LogP contribution is -2.24. The van der Waals surface area contributed by atoms with Crippen molar-refractivity contribution >= 4 is 11.8 Å². The molecule has 0 aliphatic heterocycles. The van der Waals surface area contributed by atoms with Crippen molar-refractivity contribution in [3.63, 3.8) is 0 Å². The first kappa shape index (κ1) is 19.5. The number of nitrogens with zero attached hydrogens (tertiary/aromatic N) is 3. The molecule has 28 heavy (non-hydrogen) atoms. The highest BCUT2D eigenvalue weighted by Gasteiger charge is 2.15. The molecule has 1 aromatic carbocycles. The molecule has 7 heteroatoms. The normalized spacial score (nSPS) is 12.1. The number of pyridine rings is 1. The lowest BCUT2D eigenvalue weighted by molar-refractivity contribution is -0.137. The number of anilines is 1. The summed E-state index contributed by atoms with van der Waals surface area (Å²) in [6, 6.07) is 13.6. The fraction of sp³-hybridized carbons (Fsp3) is 0.333. The molecule has 0 spiro atoms. The number of carbonyl (C=O) groups is 1. The Balaban J connectivity index is 1.76. The molecule has 146 valence electrons. The zero-order chi connectivity index (χ0) is 19.9. The number of carboxylic acid groups (broad SMARTS) is 1. The number of aromatic nitrogens is 3. The van der Waals surface area contributed by atoms with Crippen molar-refractivity contribution in [2.45, 2.75) is 45.1 Å². The minimum absolute atomic E-state index is 0.0600. The Labute approximate surface area is 163 Å². The van der Waals surface area contributed by atoms with Gasteiger partial charge in [0, 0.05) is 30.1 Å². The molecular weight excluding hydrogens is 356 g/mol. The van der Waals surface area contributed by atoms with Gasteiger partial charge in [0.2, 0.25) is 0 Å². The first-order chi connectivity index (χ1) is 13.5. The number of carboxylic acids is 1. The maximum atomic E-state index is 11.0. The summed E-state index contributed by atoms with van der Waals surface area (Å²) in [7, 11) is 0. The summed E-state index contributed by atoms with van der Waals surface area (Å²) in [4.78, 5) is 19.8. The molecule has 0 aliphatic rings. The van der Waals surface area contributed by atoms with E-state index in [1.807, 2.05) is 56.3 Å². The van der Waals surface area contributed by atoms with Crippen molar-refractivity contribution in [1.82, 2.24) is 15.1 Å². The van der Waals surface area contributed by atoms with Gasteiger partial charge in [-0.05, 0) is 30.5 Å². The Morgan fingerprint density at radius 2 is 2.00 bits per heavy atom. The SMILES string of the molecule is CC(C)c1noc(-c2ccnc(NC(CCC(=O)O)Cc3ccccc3)c2)n1. The molecule has 3 aromatic rings. The molecule has 0 bridgehead atoms. The van der Waals surface area contributed by atoms with Crippen LogP contribution < -0.4 is 5.32 Å². The predicted octanol–water partition coefficient (Wildman–Crippen LogP) is 4.14. The average Bonchev–Trinajstić information content (AvgIpc) is 3.18. The zero-order valence-electron chi connectivity index (χ0n) is 16.0. The van der Waals surface area contributed by atoms with Gasteiger partial charge in [0.05, 0.1) is 0 Å². The maximum absolute atomic E-state index is 11.0. The number of nitrogens with one attached hydrogen (secondary N) is 1. The Morgan fingerprint density at radius 3 is 2.68 bits per heavy atom. The Hall–Kier alpha value is -3.22. The molecule has 7 nitrogen and oxygen atoms in total. The van der Waals surface area contributed by atoms with Gasteiger partial charge in [-0.25, -0.2) is 4.98 Å². The third kappa shape index (κ3) is 5.39. The van der Waals surface area contributed by atoms with Gasteiger partial charge in [0.25, 0.3) is 5.89 Å². The highest BCUT2D eigenvalue weighted by Crippen LogP contribution is 2.22. The van der Waals surface area contributed by atoms with Crippen LogP contribution in [0.1, 0.15) is 44.0 Å². The van der Waals surface area contributed by atoms with Crippen molar-refractivity contribution < 1.29 is 14.4 Å². The molecular formula is C21H24N4O3. The van der Waals surface area contributed by atoms with E-state index >= 15 is 0 Å². The second-order valence-electron chi connectivity index (χ2n) is 7.01. The van der Waals surface area contributed by atoms with Crippen LogP contribution in [0.2, 0.25) is 0 Å². The molecule has 1 atom stereocenters. The first-order valence-electron chi connectivity index (χ1n) is 9.33. The molecule has 0 saturated carbocycles. The number of hydrogen-bond donors (Lipinski definition) is 2. The fourth-order valence-corrected chi connectivity index (χ4v) is 2.86. The second-order valence-corrected chi connectivity index (χ2v) is 7.01. The lowest BCUT2D eigenvalue weighted by Gasteiger charge is -2.19. The van der Waals surface area contributed by atoms with E-state index in [1.165, 1.54) is 0 Å². The molecule has 0 radical (unpaired) electrons. The van der Waals surface area contributed by atoms with Crippen LogP contribution in [0, 0.1) is 0 Å². The van der Waals surface area contributed by atoms with Gasteiger partial charge in [0.15, 0.2) is 5.82 Å². The smallest absolute Gasteiger partial charge is 0.303 e. The largest absolute Gasteiger partial charge is 0.481 e. The van der Waals surface area contributed by atoms with Crippen LogP contribution in [0.15, 0.2) is 53.2 Å². The van der Waals surface area contributed by atoms with E-state index in [2.05, 4.69) is 20.4 Å². The summed E-state index contributed by atoms with van der Waals surface area (Å²) < 4.78 is 5.35. The minimum atomic E-state index is -0.811. The molecule has 0 aliphatic carbocycles. The van der Waals surface area contributed by atoms with Crippen molar-refractivity contribution in [3.05, 3.63) is 60.0 Å². The average molecular weight is 380 g/mol. The Kier molecular flexibility index (Phi) is 6.37. The van der Waals surface area contributed by atoms with Crippen molar-refractivity contribution in [3.8, 4) is 11.5 Å². The third-order valence-electron chi connectivity index (χ3n) is 4.35. The van der Waals surface area contributed by atoms with Gasteiger partial charge in [-0.3, -0.25) is 4.79 Å². The minimum Gasteiger partial charge on any atom is -0.481 e. The van der Waals surface area contributed by atoms with E-state index in [-0.39, 0.29) is 18.4 Å². The second kappa shape index (κ2) is 9.12. The monoisotopic (exact) mass is 380 g/mol. The lowest BCUT2D eigenvalue weighted by atomic mass is 10.0. The van der Waals surface area contributed by atoms with E-state index in [1.54, 1.807) is 6.20 Å². The summed E-state index contributed by atoms with van der Waals surface area (Å²) in [5.41, 5.74) is 1.91. The Bertz CT molecular complexity index is 909. The van der Waals surface area contributed by atoms with Crippen LogP contribution in [-0.4, -0.2) is 32.2 Å². The Morgan fingerprint density at radius 1 is 1.21 bits per heavy atom. The van der Waals surface area contributed by atoms with Gasteiger partial charge in [-0.1, -0.05) is 49.3 Å². The van der Waals surface area contributed by atoms with Crippen molar-refractivity contribution in [2.24, 2.45) is 0 Å². The van der Waals surface area contributed by atoms with Gasteiger partial charge < -0.3 is 14.9 Å². The van der Waals surface area contributed by atoms with Crippen molar-refractivity contribution in [2.75, 3.05) is 5.32 Å². The maximum Gasteiger partial charge on any atom is 0.303 e. The summed E-state index contributed by atoms with van der Waals surface area (Å²) in [6.07, 6.45) is 2.96. The van der Waals surface area contributed by atoms with E-state index in [0.29, 0.717) is 30.4 Å². The number of aliphatic carboxylic acids is 1. The number of hydrogen-bond acceptors (Lipinski definition) is 6. The molecule has 3 rings (SSSR count). The molecule has 2 N–H and O–H groups in total. The van der Waals surface area contributed by atoms with Gasteiger partial charge in [-0.15, -0.1) is 0 Å². The first-order valence-corrected chi connectivity index (χ1v) is 9.33. The van der Waals surface area contributed by atoms with E-state index in [9.17, 15) is 4.79 Å². The third-order valence-corrected chi connectivity index (χ3v) is 4.35. The van der Waals surface area contributed by atoms with Crippen LogP contribution in [0.3, 0.4) is 0 Å². The van der Waals surface area contributed by atoms with E-state index < -0.39 is 5.97 Å². The van der Waals surface area contributed by atoms with Crippen molar-refractivity contribution in [1.29, 1.82) is 0 Å². The molecule has 0 amide bonds. The van der Waals surface area contributed by atoms with E-state index in [0.717, 1.165) is 11.1 Å². The van der Waals surface area contributed by atoms with Crippen LogP contribution in [-0.2, 0) is 11.2 Å². The van der Waals surface area contributed by atoms with Crippen LogP contribution in [0.4, 0.5) is 5.82 Å². The number of rotatable bonds is 9. The molecule has 2 aromatic heterocycles. The van der Waals surface area contributed by atoms with Crippen LogP contribution in [0.25, 0.3) is 11.5 Å². The highest BCUT2D eigenvalue weighted by molar-refractivity contribution is 5.66. The molecule has 0 saturated heterocycles. The topological polar surface area (TPSA) is 101 Å². The zero-order valence-corrected chi connectivity index (χ0v) is 16.0. The molecule has 1 unspecified atom stereocenters. The summed E-state index contributed by atoms with van der Waals surface area (Å²) >= 11 is 0. The quantitative estimate of drug-likeness (QED) is 0.575. The molecule has 0 fully saturated rings. The summed E-state index contributed by atoms with van der Waals surface area (Å²) in [5.74, 6) is 1.12. The van der Waals surface area contributed by atoms with Crippen LogP contribution in [0.5, 0.6) is 0 Å². The van der Waals surface area contributed by atoms with Crippen LogP contribution >= 0.6 is 0 Å². The number of benzene rings is 1. The molecule has 2 heterocycles. The standard InChI is InChI=1S/C21H24N4O3/c1-14(2)20-24-21(28-25-20)16-10-11-22-18(13-16)23-17(8-9-19(26)27)12-15-6-4-3-5-7-15/h3-7,10-11,13-14,17H,8-9,12H2,1-2H3,(H,22,23)(H,26,27). The highest BCUT2D eigenvalue weighted by atomic mass is 16.5. The van der Waals surface area contributed by atoms with Gasteiger partial charge in [0.1, 0.15) is 5.82 Å². The fourth-order valence-electron chi connectivity index (χ4n) is 2.86.